The second-order valence-electron chi connectivity index (χ2n) is 4.40. The standard InChI is InChI=1S/C14H18N2O3/c1-2-19-7-3-6-15-14(18)10-4-5-12-11(8-10)9-13(17)16-12/h4-5,8H,2-3,6-7,9H2,1H3,(H,15,18)(H,16,17). The van der Waals surface area contributed by atoms with Crippen LogP contribution in [0.2, 0.25) is 0 Å². The zero-order chi connectivity index (χ0) is 13.7. The molecule has 0 radical (unpaired) electrons. The molecule has 0 aromatic heterocycles. The molecule has 2 N–H and O–H groups in total. The molecular weight excluding hydrogens is 244 g/mol. The van der Waals surface area contributed by atoms with Crippen LogP contribution < -0.4 is 10.6 Å². The lowest BCUT2D eigenvalue weighted by Gasteiger charge is -2.06. The van der Waals surface area contributed by atoms with Crippen LogP contribution in [0.3, 0.4) is 0 Å². The maximum absolute atomic E-state index is 11.9. The Kier molecular flexibility index (Phi) is 4.52. The van der Waals surface area contributed by atoms with E-state index in [1.807, 2.05) is 6.92 Å². The summed E-state index contributed by atoms with van der Waals surface area (Å²) in [7, 11) is 0. The van der Waals surface area contributed by atoms with E-state index < -0.39 is 0 Å². The highest BCUT2D eigenvalue weighted by Gasteiger charge is 2.18. The number of fused-ring (bicyclic) bond motifs is 1. The minimum atomic E-state index is -0.112. The minimum absolute atomic E-state index is 0.0238. The van der Waals surface area contributed by atoms with Gasteiger partial charge in [-0.05, 0) is 37.1 Å². The third-order valence-electron chi connectivity index (χ3n) is 2.95. The van der Waals surface area contributed by atoms with Gasteiger partial charge in [-0.3, -0.25) is 9.59 Å². The van der Waals surface area contributed by atoms with E-state index in [1.165, 1.54) is 0 Å². The van der Waals surface area contributed by atoms with Crippen molar-refractivity contribution in [3.8, 4) is 0 Å². The summed E-state index contributed by atoms with van der Waals surface area (Å²) in [6.07, 6.45) is 1.14. The average Bonchev–Trinajstić information content (AvgIpc) is 2.77. The van der Waals surface area contributed by atoms with Crippen molar-refractivity contribution < 1.29 is 14.3 Å². The summed E-state index contributed by atoms with van der Waals surface area (Å²) in [6.45, 7) is 3.88. The van der Waals surface area contributed by atoms with Crippen LogP contribution >= 0.6 is 0 Å². The molecule has 19 heavy (non-hydrogen) atoms. The highest BCUT2D eigenvalue weighted by molar-refractivity contribution is 6.01. The molecule has 0 saturated heterocycles. The third kappa shape index (κ3) is 3.54. The van der Waals surface area contributed by atoms with Gasteiger partial charge in [-0.25, -0.2) is 0 Å². The topological polar surface area (TPSA) is 67.4 Å². The summed E-state index contributed by atoms with van der Waals surface area (Å²) >= 11 is 0. The van der Waals surface area contributed by atoms with Crippen molar-refractivity contribution >= 4 is 17.5 Å². The van der Waals surface area contributed by atoms with Crippen molar-refractivity contribution in [1.82, 2.24) is 5.32 Å². The van der Waals surface area contributed by atoms with Crippen LogP contribution in [0.5, 0.6) is 0 Å². The quantitative estimate of drug-likeness (QED) is 0.760. The first-order valence-corrected chi connectivity index (χ1v) is 6.49. The van der Waals surface area contributed by atoms with E-state index in [9.17, 15) is 9.59 Å². The fourth-order valence-corrected chi connectivity index (χ4v) is 1.99. The van der Waals surface area contributed by atoms with Gasteiger partial charge in [0.25, 0.3) is 5.91 Å². The summed E-state index contributed by atoms with van der Waals surface area (Å²) in [5, 5.41) is 5.58. The lowest BCUT2D eigenvalue weighted by Crippen LogP contribution is -2.25. The fraction of sp³-hybridized carbons (Fsp3) is 0.429. The monoisotopic (exact) mass is 262 g/mol. The van der Waals surface area contributed by atoms with Crippen molar-refractivity contribution in [3.05, 3.63) is 29.3 Å². The predicted octanol–water partition coefficient (Wildman–Crippen LogP) is 1.34. The Morgan fingerprint density at radius 2 is 2.32 bits per heavy atom. The van der Waals surface area contributed by atoms with E-state index in [4.69, 9.17) is 4.74 Å². The van der Waals surface area contributed by atoms with E-state index in [0.29, 0.717) is 31.7 Å². The minimum Gasteiger partial charge on any atom is -0.382 e. The number of anilines is 1. The normalized spacial score (nSPS) is 13.0. The maximum Gasteiger partial charge on any atom is 0.251 e. The van der Waals surface area contributed by atoms with Gasteiger partial charge in [-0.2, -0.15) is 0 Å². The van der Waals surface area contributed by atoms with Crippen LogP contribution in [0.15, 0.2) is 18.2 Å². The van der Waals surface area contributed by atoms with E-state index in [0.717, 1.165) is 17.7 Å². The molecule has 1 aliphatic heterocycles. The highest BCUT2D eigenvalue weighted by atomic mass is 16.5. The summed E-state index contributed by atoms with van der Waals surface area (Å²) < 4.78 is 5.20. The Morgan fingerprint density at radius 1 is 1.47 bits per heavy atom. The first kappa shape index (κ1) is 13.5. The van der Waals surface area contributed by atoms with E-state index in [2.05, 4.69) is 10.6 Å². The van der Waals surface area contributed by atoms with Gasteiger partial charge < -0.3 is 15.4 Å². The molecule has 2 amide bonds. The van der Waals surface area contributed by atoms with Gasteiger partial charge in [0.1, 0.15) is 0 Å². The van der Waals surface area contributed by atoms with Crippen LogP contribution in [0.4, 0.5) is 5.69 Å². The molecule has 1 aliphatic rings. The molecule has 0 aliphatic carbocycles. The lowest BCUT2D eigenvalue weighted by molar-refractivity contribution is -0.115. The highest BCUT2D eigenvalue weighted by Crippen LogP contribution is 2.23. The number of nitrogens with one attached hydrogen (secondary N) is 2. The lowest BCUT2D eigenvalue weighted by atomic mass is 10.1. The van der Waals surface area contributed by atoms with E-state index >= 15 is 0 Å². The molecule has 0 unspecified atom stereocenters. The number of rotatable bonds is 6. The molecule has 0 atom stereocenters. The average molecular weight is 262 g/mol. The van der Waals surface area contributed by atoms with Crippen LogP contribution in [0.25, 0.3) is 0 Å². The van der Waals surface area contributed by atoms with Crippen molar-refractivity contribution in [1.29, 1.82) is 0 Å². The second-order valence-corrected chi connectivity index (χ2v) is 4.40. The molecule has 5 nitrogen and oxygen atoms in total. The van der Waals surface area contributed by atoms with Crippen LogP contribution in [-0.4, -0.2) is 31.6 Å². The van der Waals surface area contributed by atoms with Gasteiger partial charge in [0.15, 0.2) is 0 Å². The molecule has 0 saturated carbocycles. The first-order valence-electron chi connectivity index (χ1n) is 6.49. The van der Waals surface area contributed by atoms with Gasteiger partial charge >= 0.3 is 0 Å². The number of ether oxygens (including phenoxy) is 1. The smallest absolute Gasteiger partial charge is 0.251 e. The number of benzene rings is 1. The van der Waals surface area contributed by atoms with Crippen molar-refractivity contribution in [3.63, 3.8) is 0 Å². The number of carbonyl (C=O) groups excluding carboxylic acids is 2. The molecule has 1 aromatic carbocycles. The van der Waals surface area contributed by atoms with Gasteiger partial charge in [0, 0.05) is 31.0 Å². The third-order valence-corrected chi connectivity index (χ3v) is 2.95. The van der Waals surface area contributed by atoms with Crippen LogP contribution in [-0.2, 0) is 16.0 Å². The number of amides is 2. The maximum atomic E-state index is 11.9. The van der Waals surface area contributed by atoms with E-state index in [-0.39, 0.29) is 11.8 Å². The van der Waals surface area contributed by atoms with Gasteiger partial charge in [-0.1, -0.05) is 0 Å². The van der Waals surface area contributed by atoms with Gasteiger partial charge in [0.2, 0.25) is 5.91 Å². The molecule has 0 fully saturated rings. The van der Waals surface area contributed by atoms with Crippen LogP contribution in [0.1, 0.15) is 29.3 Å². The Labute approximate surface area is 112 Å². The van der Waals surface area contributed by atoms with Crippen molar-refractivity contribution in [2.24, 2.45) is 0 Å². The van der Waals surface area contributed by atoms with Crippen molar-refractivity contribution in [2.45, 2.75) is 19.8 Å². The first-order chi connectivity index (χ1) is 9.20. The zero-order valence-corrected chi connectivity index (χ0v) is 11.0. The molecule has 2 rings (SSSR count). The Hall–Kier alpha value is -1.88. The van der Waals surface area contributed by atoms with Crippen LogP contribution in [0, 0.1) is 0 Å². The van der Waals surface area contributed by atoms with E-state index in [1.54, 1.807) is 18.2 Å². The molecule has 0 bridgehead atoms. The predicted molar refractivity (Wildman–Crippen MR) is 72.2 cm³/mol. The number of hydrogen-bond donors (Lipinski definition) is 2. The summed E-state index contributed by atoms with van der Waals surface area (Å²) in [6, 6.07) is 5.27. The molecule has 1 aromatic rings. The molecule has 102 valence electrons. The van der Waals surface area contributed by atoms with Crippen molar-refractivity contribution in [2.75, 3.05) is 25.1 Å². The van der Waals surface area contributed by atoms with Gasteiger partial charge in [0.05, 0.1) is 6.42 Å². The molecule has 0 spiro atoms. The summed E-state index contributed by atoms with van der Waals surface area (Å²) in [5.41, 5.74) is 2.27. The molecule has 5 heteroatoms. The zero-order valence-electron chi connectivity index (χ0n) is 11.0. The summed E-state index contributed by atoms with van der Waals surface area (Å²) in [4.78, 5) is 23.1. The van der Waals surface area contributed by atoms with Gasteiger partial charge in [-0.15, -0.1) is 0 Å². The SMILES string of the molecule is CCOCCCNC(=O)c1ccc2c(c1)CC(=O)N2. The number of hydrogen-bond acceptors (Lipinski definition) is 3. The fourth-order valence-electron chi connectivity index (χ4n) is 1.99. The Bertz CT molecular complexity index is 486. The summed E-state index contributed by atoms with van der Waals surface area (Å²) in [5.74, 6) is -0.136. The second kappa shape index (κ2) is 6.33. The number of carbonyl (C=O) groups is 2. The molecular formula is C14H18N2O3. The largest absolute Gasteiger partial charge is 0.382 e. The Morgan fingerprint density at radius 3 is 3.11 bits per heavy atom. The molecule has 1 heterocycles. The Balaban J connectivity index is 1.86.